The molecular formula is C19H17N4OS. The highest BCUT2D eigenvalue weighted by molar-refractivity contribution is 8.00. The molecule has 2 rings (SSSR count). The lowest BCUT2D eigenvalue weighted by atomic mass is 10.0. The average Bonchev–Trinajstić information content (AvgIpc) is 2.65. The lowest BCUT2D eigenvalue weighted by Crippen LogP contribution is -2.16. The summed E-state index contributed by atoms with van der Waals surface area (Å²) in [5, 5.41) is 19.0. The monoisotopic (exact) mass is 349 g/mol. The standard InChI is InChI=1S/C19H17N4OS/c1-4-14-15(10-20)18(23(2)3)22-19(16(14)11-21)25-17(12-24)13-8-6-5-7-9-13/h5-9,17H,4H2,1-3H3/t17-/m0/s1. The number of nitrogens with zero attached hydrogens (tertiary/aromatic N) is 4. The minimum absolute atomic E-state index is 0.353. The van der Waals surface area contributed by atoms with Gasteiger partial charge in [-0.1, -0.05) is 49.0 Å². The van der Waals surface area contributed by atoms with Crippen LogP contribution in [0, 0.1) is 22.7 Å². The van der Waals surface area contributed by atoms with Gasteiger partial charge in [-0.3, -0.25) is 4.79 Å². The number of nitriles is 2. The van der Waals surface area contributed by atoms with Crippen molar-refractivity contribution >= 4 is 23.9 Å². The fraction of sp³-hybridized carbons (Fsp3) is 0.263. The summed E-state index contributed by atoms with van der Waals surface area (Å²) in [4.78, 5) is 17.7. The lowest BCUT2D eigenvalue weighted by Gasteiger charge is -2.19. The highest BCUT2D eigenvalue weighted by Gasteiger charge is 2.23. The van der Waals surface area contributed by atoms with Crippen molar-refractivity contribution in [3.8, 4) is 12.1 Å². The molecule has 0 unspecified atom stereocenters. The highest BCUT2D eigenvalue weighted by Crippen LogP contribution is 2.38. The van der Waals surface area contributed by atoms with Gasteiger partial charge in [-0.05, 0) is 17.5 Å². The minimum atomic E-state index is -0.589. The zero-order chi connectivity index (χ0) is 18.4. The quantitative estimate of drug-likeness (QED) is 0.744. The Bertz CT molecular complexity index is 850. The molecule has 2 aromatic rings. The molecular weight excluding hydrogens is 332 g/mol. The summed E-state index contributed by atoms with van der Waals surface area (Å²) < 4.78 is 0. The van der Waals surface area contributed by atoms with Gasteiger partial charge in [-0.2, -0.15) is 10.5 Å². The van der Waals surface area contributed by atoms with E-state index in [2.05, 4.69) is 17.1 Å². The predicted octanol–water partition coefficient (Wildman–Crippen LogP) is 3.40. The predicted molar refractivity (Wildman–Crippen MR) is 98.1 cm³/mol. The SMILES string of the molecule is CCc1c(C#N)c(S[C@@H]([C]=O)c2ccccc2)nc(N(C)C)c1C#N. The van der Waals surface area contributed by atoms with Crippen molar-refractivity contribution in [2.24, 2.45) is 0 Å². The molecule has 125 valence electrons. The second-order valence-electron chi connectivity index (χ2n) is 5.47. The van der Waals surface area contributed by atoms with Gasteiger partial charge in [0.05, 0.1) is 11.1 Å². The Hall–Kier alpha value is -2.83. The Morgan fingerprint density at radius 2 is 1.80 bits per heavy atom. The van der Waals surface area contributed by atoms with Crippen molar-refractivity contribution in [3.63, 3.8) is 0 Å². The van der Waals surface area contributed by atoms with Crippen molar-refractivity contribution in [2.45, 2.75) is 23.6 Å². The first-order chi connectivity index (χ1) is 12.1. The number of anilines is 1. The van der Waals surface area contributed by atoms with Crippen LogP contribution in [0.25, 0.3) is 0 Å². The maximum Gasteiger partial charge on any atom is 0.217 e. The van der Waals surface area contributed by atoms with Gasteiger partial charge in [0.25, 0.3) is 0 Å². The molecule has 6 heteroatoms. The van der Waals surface area contributed by atoms with E-state index in [4.69, 9.17) is 0 Å². The van der Waals surface area contributed by atoms with E-state index >= 15 is 0 Å². The Kier molecular flexibility index (Phi) is 6.16. The molecule has 0 aliphatic heterocycles. The summed E-state index contributed by atoms with van der Waals surface area (Å²) in [6, 6.07) is 13.6. The van der Waals surface area contributed by atoms with Gasteiger partial charge in [-0.15, -0.1) is 0 Å². The fourth-order valence-electron chi connectivity index (χ4n) is 2.49. The maximum absolute atomic E-state index is 11.5. The third-order valence-electron chi connectivity index (χ3n) is 3.69. The number of aromatic nitrogens is 1. The van der Waals surface area contributed by atoms with E-state index in [1.54, 1.807) is 19.0 Å². The summed E-state index contributed by atoms with van der Waals surface area (Å²) >= 11 is 1.18. The van der Waals surface area contributed by atoms with Gasteiger partial charge in [0.15, 0.2) is 0 Å². The van der Waals surface area contributed by atoms with Crippen LogP contribution in [0.4, 0.5) is 5.82 Å². The number of thioether (sulfide) groups is 1. The van der Waals surface area contributed by atoms with Gasteiger partial charge in [0.1, 0.15) is 28.2 Å². The van der Waals surface area contributed by atoms with Crippen molar-refractivity contribution < 1.29 is 4.79 Å². The van der Waals surface area contributed by atoms with E-state index < -0.39 is 5.25 Å². The number of rotatable bonds is 6. The van der Waals surface area contributed by atoms with Gasteiger partial charge in [0, 0.05) is 14.1 Å². The van der Waals surface area contributed by atoms with Crippen molar-refractivity contribution in [1.82, 2.24) is 4.98 Å². The number of carbonyl (C=O) groups excluding carboxylic acids is 1. The molecule has 0 aliphatic carbocycles. The molecule has 0 N–H and O–H groups in total. The van der Waals surface area contributed by atoms with E-state index in [0.717, 1.165) is 5.56 Å². The lowest BCUT2D eigenvalue weighted by molar-refractivity contribution is 0.554. The van der Waals surface area contributed by atoms with E-state index in [1.807, 2.05) is 43.5 Å². The summed E-state index contributed by atoms with van der Waals surface area (Å²) in [5.41, 5.74) is 2.21. The summed E-state index contributed by atoms with van der Waals surface area (Å²) in [6.45, 7) is 1.89. The van der Waals surface area contributed by atoms with E-state index in [-0.39, 0.29) is 0 Å². The smallest absolute Gasteiger partial charge is 0.217 e. The Morgan fingerprint density at radius 3 is 2.28 bits per heavy atom. The van der Waals surface area contributed by atoms with Crippen LogP contribution in [0.2, 0.25) is 0 Å². The zero-order valence-corrected chi connectivity index (χ0v) is 15.1. The molecule has 0 amide bonds. The summed E-state index contributed by atoms with van der Waals surface area (Å²) in [5.74, 6) is 0.499. The van der Waals surface area contributed by atoms with Crippen LogP contribution >= 0.6 is 11.8 Å². The first-order valence-corrected chi connectivity index (χ1v) is 8.58. The molecule has 1 atom stereocenters. The topological polar surface area (TPSA) is 80.8 Å². The molecule has 1 aromatic carbocycles. The number of benzene rings is 1. The van der Waals surface area contributed by atoms with Crippen LogP contribution < -0.4 is 4.90 Å². The maximum atomic E-state index is 11.5. The van der Waals surface area contributed by atoms with Gasteiger partial charge < -0.3 is 4.90 Å². The van der Waals surface area contributed by atoms with Crippen LogP contribution in [0.5, 0.6) is 0 Å². The molecule has 0 fully saturated rings. The van der Waals surface area contributed by atoms with Crippen molar-refractivity contribution in [3.05, 3.63) is 52.6 Å². The molecule has 0 aliphatic rings. The van der Waals surface area contributed by atoms with Gasteiger partial charge in [-0.25, -0.2) is 4.98 Å². The second kappa shape index (κ2) is 8.32. The van der Waals surface area contributed by atoms with E-state index in [1.165, 1.54) is 11.8 Å². The summed E-state index contributed by atoms with van der Waals surface area (Å²) in [6.07, 6.45) is 2.55. The highest BCUT2D eigenvalue weighted by atomic mass is 32.2. The number of hydrogen-bond acceptors (Lipinski definition) is 6. The normalized spacial score (nSPS) is 11.2. The molecule has 0 saturated carbocycles. The molecule has 0 spiro atoms. The third kappa shape index (κ3) is 3.81. The van der Waals surface area contributed by atoms with Crippen LogP contribution in [-0.4, -0.2) is 25.4 Å². The molecule has 25 heavy (non-hydrogen) atoms. The van der Waals surface area contributed by atoms with E-state index in [9.17, 15) is 15.3 Å². The molecule has 5 nitrogen and oxygen atoms in total. The third-order valence-corrected chi connectivity index (χ3v) is 4.81. The number of hydrogen-bond donors (Lipinski definition) is 0. The van der Waals surface area contributed by atoms with Crippen LogP contribution in [0.3, 0.4) is 0 Å². The largest absolute Gasteiger partial charge is 0.362 e. The minimum Gasteiger partial charge on any atom is -0.362 e. The second-order valence-corrected chi connectivity index (χ2v) is 6.56. The average molecular weight is 349 g/mol. The number of pyridine rings is 1. The zero-order valence-electron chi connectivity index (χ0n) is 14.3. The van der Waals surface area contributed by atoms with E-state index in [0.29, 0.717) is 34.0 Å². The van der Waals surface area contributed by atoms with Gasteiger partial charge in [0.2, 0.25) is 6.29 Å². The van der Waals surface area contributed by atoms with Gasteiger partial charge >= 0.3 is 0 Å². The fourth-order valence-corrected chi connectivity index (χ4v) is 3.48. The molecule has 1 heterocycles. The summed E-state index contributed by atoms with van der Waals surface area (Å²) in [7, 11) is 3.59. The molecule has 1 radical (unpaired) electrons. The molecule has 0 saturated heterocycles. The first-order valence-electron chi connectivity index (χ1n) is 7.71. The van der Waals surface area contributed by atoms with Crippen LogP contribution in [0.1, 0.15) is 34.4 Å². The Labute approximate surface area is 151 Å². The van der Waals surface area contributed by atoms with Crippen molar-refractivity contribution in [1.29, 1.82) is 10.5 Å². The van der Waals surface area contributed by atoms with Crippen molar-refractivity contribution in [2.75, 3.05) is 19.0 Å². The first kappa shape index (κ1) is 18.5. The van der Waals surface area contributed by atoms with Crippen LogP contribution in [-0.2, 0) is 11.2 Å². The molecule has 1 aromatic heterocycles. The Balaban J connectivity index is 2.61. The van der Waals surface area contributed by atoms with Crippen LogP contribution in [0.15, 0.2) is 35.4 Å². The molecule has 0 bridgehead atoms. The Morgan fingerprint density at radius 1 is 1.16 bits per heavy atom.